The van der Waals surface area contributed by atoms with Crippen LogP contribution < -0.4 is 10.7 Å². The van der Waals surface area contributed by atoms with Gasteiger partial charge in [0.05, 0.1) is 11.1 Å². The molecule has 0 aliphatic carbocycles. The number of aromatic nitrogens is 1. The van der Waals surface area contributed by atoms with Gasteiger partial charge < -0.3 is 10.3 Å². The van der Waals surface area contributed by atoms with Gasteiger partial charge in [-0.25, -0.2) is 4.39 Å². The van der Waals surface area contributed by atoms with Gasteiger partial charge >= 0.3 is 0 Å². The van der Waals surface area contributed by atoms with Gasteiger partial charge in [0.15, 0.2) is 5.43 Å². The molecule has 1 heterocycles. The number of pyridine rings is 1. The van der Waals surface area contributed by atoms with Gasteiger partial charge in [-0.05, 0) is 43.3 Å². The SMILES string of the molecule is Cc1cc(=O)c2cccc(C(=O)Nc3ccc(F)cc3)c2[nH]1. The lowest BCUT2D eigenvalue weighted by Crippen LogP contribution is -2.14. The van der Waals surface area contributed by atoms with Crippen LogP contribution in [0.1, 0.15) is 16.1 Å². The van der Waals surface area contributed by atoms with E-state index in [1.165, 1.54) is 30.3 Å². The van der Waals surface area contributed by atoms with Crippen molar-refractivity contribution in [2.24, 2.45) is 0 Å². The molecule has 3 aromatic rings. The van der Waals surface area contributed by atoms with E-state index >= 15 is 0 Å². The molecule has 0 atom stereocenters. The largest absolute Gasteiger partial charge is 0.358 e. The highest BCUT2D eigenvalue weighted by atomic mass is 19.1. The van der Waals surface area contributed by atoms with E-state index in [1.54, 1.807) is 25.1 Å². The van der Waals surface area contributed by atoms with E-state index in [2.05, 4.69) is 10.3 Å². The topological polar surface area (TPSA) is 62.0 Å². The summed E-state index contributed by atoms with van der Waals surface area (Å²) >= 11 is 0. The third kappa shape index (κ3) is 2.61. The van der Waals surface area contributed by atoms with Crippen LogP contribution in [0, 0.1) is 12.7 Å². The monoisotopic (exact) mass is 296 g/mol. The fourth-order valence-electron chi connectivity index (χ4n) is 2.32. The number of benzene rings is 2. The number of carbonyl (C=O) groups excluding carboxylic acids is 1. The van der Waals surface area contributed by atoms with Crippen molar-refractivity contribution >= 4 is 22.5 Å². The predicted molar refractivity (Wildman–Crippen MR) is 83.7 cm³/mol. The van der Waals surface area contributed by atoms with Crippen LogP contribution in [0.4, 0.5) is 10.1 Å². The van der Waals surface area contributed by atoms with E-state index in [9.17, 15) is 14.0 Å². The standard InChI is InChI=1S/C17H13FN2O2/c1-10-9-15(21)13-3-2-4-14(16(13)19-10)17(22)20-12-7-5-11(18)6-8-12/h2-9H,1H3,(H,19,21)(H,20,22). The Bertz CT molecular complexity index is 914. The Morgan fingerprint density at radius 2 is 1.86 bits per heavy atom. The zero-order valence-electron chi connectivity index (χ0n) is 11.8. The highest BCUT2D eigenvalue weighted by Gasteiger charge is 2.12. The summed E-state index contributed by atoms with van der Waals surface area (Å²) in [5.41, 5.74) is 1.88. The molecule has 4 nitrogen and oxygen atoms in total. The highest BCUT2D eigenvalue weighted by molar-refractivity contribution is 6.11. The van der Waals surface area contributed by atoms with Crippen molar-refractivity contribution in [1.82, 2.24) is 4.98 Å². The summed E-state index contributed by atoms with van der Waals surface area (Å²) in [6.45, 7) is 1.76. The summed E-state index contributed by atoms with van der Waals surface area (Å²) in [5, 5.41) is 3.14. The molecule has 0 unspecified atom stereocenters. The molecule has 0 saturated heterocycles. The van der Waals surface area contributed by atoms with Gasteiger partial charge in [-0.3, -0.25) is 9.59 Å². The van der Waals surface area contributed by atoms with Crippen LogP contribution in [0.2, 0.25) is 0 Å². The quantitative estimate of drug-likeness (QED) is 0.762. The summed E-state index contributed by atoms with van der Waals surface area (Å²) in [6, 6.07) is 11.9. The fraction of sp³-hybridized carbons (Fsp3) is 0.0588. The van der Waals surface area contributed by atoms with Crippen molar-refractivity contribution < 1.29 is 9.18 Å². The van der Waals surface area contributed by atoms with E-state index in [0.717, 1.165) is 0 Å². The van der Waals surface area contributed by atoms with Crippen molar-refractivity contribution in [2.75, 3.05) is 5.32 Å². The van der Waals surface area contributed by atoms with Crippen LogP contribution >= 0.6 is 0 Å². The number of H-pyrrole nitrogens is 1. The Kier molecular flexibility index (Phi) is 3.47. The molecule has 0 radical (unpaired) electrons. The predicted octanol–water partition coefficient (Wildman–Crippen LogP) is 3.23. The summed E-state index contributed by atoms with van der Waals surface area (Å²) in [6.07, 6.45) is 0. The van der Waals surface area contributed by atoms with E-state index in [1.807, 2.05) is 0 Å². The maximum atomic E-state index is 12.9. The van der Waals surface area contributed by atoms with Gasteiger partial charge in [0.2, 0.25) is 0 Å². The number of amides is 1. The number of halogens is 1. The van der Waals surface area contributed by atoms with Gasteiger partial charge in [-0.15, -0.1) is 0 Å². The third-order valence-electron chi connectivity index (χ3n) is 3.35. The highest BCUT2D eigenvalue weighted by Crippen LogP contribution is 2.17. The van der Waals surface area contributed by atoms with Crippen molar-refractivity contribution in [3.05, 3.63) is 75.8 Å². The Balaban J connectivity index is 2.04. The van der Waals surface area contributed by atoms with Crippen LogP contribution in [0.25, 0.3) is 10.9 Å². The molecule has 1 amide bonds. The number of carbonyl (C=O) groups is 1. The van der Waals surface area contributed by atoms with Gasteiger partial charge in [0, 0.05) is 22.8 Å². The van der Waals surface area contributed by atoms with Gasteiger partial charge in [0.1, 0.15) is 5.82 Å². The lowest BCUT2D eigenvalue weighted by molar-refractivity contribution is 0.102. The number of aryl methyl sites for hydroxylation is 1. The molecule has 5 heteroatoms. The second-order valence-corrected chi connectivity index (χ2v) is 5.01. The number of anilines is 1. The minimum atomic E-state index is -0.372. The molecule has 0 aliphatic heterocycles. The molecule has 22 heavy (non-hydrogen) atoms. The number of hydrogen-bond donors (Lipinski definition) is 2. The lowest BCUT2D eigenvalue weighted by Gasteiger charge is -2.08. The van der Waals surface area contributed by atoms with Crippen LogP contribution in [0.3, 0.4) is 0 Å². The molecule has 2 N–H and O–H groups in total. The zero-order chi connectivity index (χ0) is 15.7. The van der Waals surface area contributed by atoms with E-state index in [-0.39, 0.29) is 17.2 Å². The average molecular weight is 296 g/mol. The first-order valence-electron chi connectivity index (χ1n) is 6.74. The molecule has 0 saturated carbocycles. The molecule has 0 spiro atoms. The number of nitrogens with one attached hydrogen (secondary N) is 2. The van der Waals surface area contributed by atoms with Gasteiger partial charge in [-0.2, -0.15) is 0 Å². The number of para-hydroxylation sites is 1. The number of fused-ring (bicyclic) bond motifs is 1. The molecule has 0 aliphatic rings. The van der Waals surface area contributed by atoms with E-state index < -0.39 is 0 Å². The first-order chi connectivity index (χ1) is 10.5. The van der Waals surface area contributed by atoms with Gasteiger partial charge in [0.25, 0.3) is 5.91 Å². The molecule has 2 aromatic carbocycles. The summed E-state index contributed by atoms with van der Waals surface area (Å²) in [4.78, 5) is 27.4. The number of hydrogen-bond acceptors (Lipinski definition) is 2. The van der Waals surface area contributed by atoms with Crippen LogP contribution in [0.15, 0.2) is 53.3 Å². The first-order valence-corrected chi connectivity index (χ1v) is 6.74. The van der Waals surface area contributed by atoms with E-state index in [4.69, 9.17) is 0 Å². The normalized spacial score (nSPS) is 10.6. The van der Waals surface area contributed by atoms with Crippen LogP contribution in [0.5, 0.6) is 0 Å². The molecule has 0 bridgehead atoms. The second kappa shape index (κ2) is 5.44. The van der Waals surface area contributed by atoms with Crippen molar-refractivity contribution in [3.63, 3.8) is 0 Å². The minimum Gasteiger partial charge on any atom is -0.358 e. The molecule has 110 valence electrons. The third-order valence-corrected chi connectivity index (χ3v) is 3.35. The van der Waals surface area contributed by atoms with Crippen molar-refractivity contribution in [3.8, 4) is 0 Å². The maximum Gasteiger partial charge on any atom is 0.257 e. The number of rotatable bonds is 2. The Morgan fingerprint density at radius 1 is 1.14 bits per heavy atom. The smallest absolute Gasteiger partial charge is 0.257 e. The molecule has 0 fully saturated rings. The van der Waals surface area contributed by atoms with Crippen LogP contribution in [-0.2, 0) is 0 Å². The first kappa shape index (κ1) is 14.0. The Morgan fingerprint density at radius 3 is 2.59 bits per heavy atom. The van der Waals surface area contributed by atoms with E-state index in [0.29, 0.717) is 27.8 Å². The van der Waals surface area contributed by atoms with Gasteiger partial charge in [-0.1, -0.05) is 6.07 Å². The molecule has 3 rings (SSSR count). The number of aromatic amines is 1. The minimum absolute atomic E-state index is 0.136. The van der Waals surface area contributed by atoms with Crippen molar-refractivity contribution in [1.29, 1.82) is 0 Å². The summed E-state index contributed by atoms with van der Waals surface area (Å²) in [5.74, 6) is -0.735. The van der Waals surface area contributed by atoms with Crippen molar-refractivity contribution in [2.45, 2.75) is 6.92 Å². The second-order valence-electron chi connectivity index (χ2n) is 5.01. The van der Waals surface area contributed by atoms with Crippen LogP contribution in [-0.4, -0.2) is 10.9 Å². The Labute approximate surface area is 125 Å². The lowest BCUT2D eigenvalue weighted by atomic mass is 10.1. The molecular weight excluding hydrogens is 283 g/mol. The summed E-state index contributed by atoms with van der Waals surface area (Å²) < 4.78 is 12.9. The average Bonchev–Trinajstić information content (AvgIpc) is 2.49. The Hall–Kier alpha value is -2.95. The fourth-order valence-corrected chi connectivity index (χ4v) is 2.32. The molecule has 1 aromatic heterocycles. The maximum absolute atomic E-state index is 12.9. The zero-order valence-corrected chi connectivity index (χ0v) is 11.8. The summed E-state index contributed by atoms with van der Waals surface area (Å²) in [7, 11) is 0. The molecular formula is C17H13FN2O2.